The standard InChI is InChI=1S/C23H27F2N3O2/c1-17-15-28(22(29)18-5-2-3-6-19(18)24)16-23(30-17)9-13-27(14-10-23)12-8-21-20(25)7-4-11-26-21/h2-7,11,17H,8-10,12-16H2,1H3. The Morgan fingerprint density at radius 2 is 1.90 bits per heavy atom. The molecule has 2 aliphatic rings. The maximum Gasteiger partial charge on any atom is 0.257 e. The summed E-state index contributed by atoms with van der Waals surface area (Å²) in [4.78, 5) is 21.1. The summed E-state index contributed by atoms with van der Waals surface area (Å²) in [5, 5.41) is 0. The molecule has 160 valence electrons. The summed E-state index contributed by atoms with van der Waals surface area (Å²) in [6.07, 6.45) is 3.63. The monoisotopic (exact) mass is 415 g/mol. The molecule has 1 unspecified atom stereocenters. The molecule has 1 spiro atoms. The summed E-state index contributed by atoms with van der Waals surface area (Å²) < 4.78 is 34.2. The van der Waals surface area contributed by atoms with Crippen LogP contribution in [0, 0.1) is 11.6 Å². The molecule has 5 nitrogen and oxygen atoms in total. The zero-order valence-electron chi connectivity index (χ0n) is 17.2. The molecule has 2 saturated heterocycles. The van der Waals surface area contributed by atoms with E-state index in [0.29, 0.717) is 25.2 Å². The highest BCUT2D eigenvalue weighted by Gasteiger charge is 2.43. The smallest absolute Gasteiger partial charge is 0.257 e. The molecule has 0 saturated carbocycles. The van der Waals surface area contributed by atoms with Crippen LogP contribution in [-0.2, 0) is 11.2 Å². The van der Waals surface area contributed by atoms with E-state index < -0.39 is 11.4 Å². The van der Waals surface area contributed by atoms with Gasteiger partial charge in [0.15, 0.2) is 0 Å². The van der Waals surface area contributed by atoms with E-state index in [0.717, 1.165) is 32.5 Å². The minimum Gasteiger partial charge on any atom is -0.368 e. The van der Waals surface area contributed by atoms with Gasteiger partial charge < -0.3 is 14.5 Å². The number of pyridine rings is 1. The topological polar surface area (TPSA) is 45.7 Å². The Balaban J connectivity index is 1.37. The third-order valence-electron chi connectivity index (χ3n) is 6.07. The Morgan fingerprint density at radius 1 is 1.17 bits per heavy atom. The lowest BCUT2D eigenvalue weighted by Crippen LogP contribution is -2.60. The third kappa shape index (κ3) is 4.52. The van der Waals surface area contributed by atoms with Crippen molar-refractivity contribution in [2.75, 3.05) is 32.7 Å². The fourth-order valence-electron chi connectivity index (χ4n) is 4.51. The van der Waals surface area contributed by atoms with E-state index in [9.17, 15) is 13.6 Å². The van der Waals surface area contributed by atoms with Crippen LogP contribution in [0.5, 0.6) is 0 Å². The van der Waals surface area contributed by atoms with Crippen molar-refractivity contribution >= 4 is 5.91 Å². The highest BCUT2D eigenvalue weighted by atomic mass is 19.1. The van der Waals surface area contributed by atoms with Gasteiger partial charge in [-0.1, -0.05) is 12.1 Å². The average Bonchev–Trinajstić information content (AvgIpc) is 2.74. The second-order valence-electron chi connectivity index (χ2n) is 8.30. The van der Waals surface area contributed by atoms with Crippen LogP contribution < -0.4 is 0 Å². The Labute approximate surface area is 175 Å². The Morgan fingerprint density at radius 3 is 2.63 bits per heavy atom. The number of nitrogens with zero attached hydrogens (tertiary/aromatic N) is 3. The van der Waals surface area contributed by atoms with Gasteiger partial charge in [-0.15, -0.1) is 0 Å². The number of aromatic nitrogens is 1. The molecule has 0 bridgehead atoms. The Hall–Kier alpha value is -2.38. The molecule has 1 amide bonds. The van der Waals surface area contributed by atoms with Crippen molar-refractivity contribution in [3.05, 3.63) is 65.5 Å². The van der Waals surface area contributed by atoms with Crippen LogP contribution in [0.1, 0.15) is 35.8 Å². The first-order valence-corrected chi connectivity index (χ1v) is 10.5. The van der Waals surface area contributed by atoms with E-state index in [1.807, 2.05) is 6.92 Å². The summed E-state index contributed by atoms with van der Waals surface area (Å²) in [6.45, 7) is 5.23. The number of hydrogen-bond acceptors (Lipinski definition) is 4. The van der Waals surface area contributed by atoms with Crippen LogP contribution in [-0.4, -0.2) is 65.1 Å². The van der Waals surface area contributed by atoms with Gasteiger partial charge in [-0.2, -0.15) is 0 Å². The third-order valence-corrected chi connectivity index (χ3v) is 6.07. The summed E-state index contributed by atoms with van der Waals surface area (Å²) >= 11 is 0. The Bertz CT molecular complexity index is 900. The maximum absolute atomic E-state index is 14.1. The molecule has 2 aliphatic heterocycles. The molecule has 0 aliphatic carbocycles. The van der Waals surface area contributed by atoms with Crippen molar-refractivity contribution in [1.29, 1.82) is 0 Å². The van der Waals surface area contributed by atoms with Crippen LogP contribution >= 0.6 is 0 Å². The molecule has 0 radical (unpaired) electrons. The van der Waals surface area contributed by atoms with Gasteiger partial charge in [-0.05, 0) is 44.0 Å². The number of amides is 1. The molecule has 2 fully saturated rings. The number of hydrogen-bond donors (Lipinski definition) is 0. The first kappa shape index (κ1) is 20.9. The van der Waals surface area contributed by atoms with E-state index in [1.54, 1.807) is 29.3 Å². The highest BCUT2D eigenvalue weighted by Crippen LogP contribution is 2.33. The quantitative estimate of drug-likeness (QED) is 0.769. The summed E-state index contributed by atoms with van der Waals surface area (Å²) in [5.41, 5.74) is 0.185. The van der Waals surface area contributed by atoms with Crippen molar-refractivity contribution in [2.45, 2.75) is 37.9 Å². The number of morpholine rings is 1. The number of carbonyl (C=O) groups excluding carboxylic acids is 1. The SMILES string of the molecule is CC1CN(C(=O)c2ccccc2F)CC2(CCN(CCc3ncccc3F)CC2)O1. The van der Waals surface area contributed by atoms with E-state index >= 15 is 0 Å². The van der Waals surface area contributed by atoms with Gasteiger partial charge >= 0.3 is 0 Å². The molecule has 7 heteroatoms. The van der Waals surface area contributed by atoms with E-state index in [2.05, 4.69) is 9.88 Å². The first-order valence-electron chi connectivity index (χ1n) is 10.5. The first-order chi connectivity index (χ1) is 14.5. The summed E-state index contributed by atoms with van der Waals surface area (Å²) in [6, 6.07) is 9.14. The highest BCUT2D eigenvalue weighted by molar-refractivity contribution is 5.94. The predicted octanol–water partition coefficient (Wildman–Crippen LogP) is 3.30. The van der Waals surface area contributed by atoms with Crippen molar-refractivity contribution < 1.29 is 18.3 Å². The molecule has 30 heavy (non-hydrogen) atoms. The van der Waals surface area contributed by atoms with Crippen LogP contribution in [0.2, 0.25) is 0 Å². The molecule has 3 heterocycles. The molecule has 4 rings (SSSR count). The van der Waals surface area contributed by atoms with E-state index in [-0.39, 0.29) is 23.4 Å². The lowest BCUT2D eigenvalue weighted by atomic mass is 9.88. The van der Waals surface area contributed by atoms with Gasteiger partial charge in [-0.3, -0.25) is 9.78 Å². The minimum atomic E-state index is -0.493. The van der Waals surface area contributed by atoms with Crippen molar-refractivity contribution in [2.24, 2.45) is 0 Å². The van der Waals surface area contributed by atoms with Gasteiger partial charge in [0.25, 0.3) is 5.91 Å². The number of benzene rings is 1. The second-order valence-corrected chi connectivity index (χ2v) is 8.30. The van der Waals surface area contributed by atoms with Gasteiger partial charge in [0.1, 0.15) is 11.6 Å². The van der Waals surface area contributed by atoms with Crippen LogP contribution in [0.15, 0.2) is 42.6 Å². The van der Waals surface area contributed by atoms with Crippen molar-refractivity contribution in [3.8, 4) is 0 Å². The van der Waals surface area contributed by atoms with Gasteiger partial charge in [0.05, 0.1) is 29.5 Å². The number of carbonyl (C=O) groups is 1. The van der Waals surface area contributed by atoms with Crippen LogP contribution in [0.4, 0.5) is 8.78 Å². The summed E-state index contributed by atoms with van der Waals surface area (Å²) in [5.74, 6) is -1.04. The molecular weight excluding hydrogens is 388 g/mol. The molecule has 1 aromatic heterocycles. The number of likely N-dealkylation sites (tertiary alicyclic amines) is 1. The van der Waals surface area contributed by atoms with Crippen molar-refractivity contribution in [1.82, 2.24) is 14.8 Å². The number of piperidine rings is 1. The minimum absolute atomic E-state index is 0.108. The van der Waals surface area contributed by atoms with Crippen LogP contribution in [0.3, 0.4) is 0 Å². The number of rotatable bonds is 4. The van der Waals surface area contributed by atoms with Gasteiger partial charge in [-0.25, -0.2) is 8.78 Å². The normalized spacial score (nSPS) is 21.7. The number of halogens is 2. The predicted molar refractivity (Wildman–Crippen MR) is 109 cm³/mol. The van der Waals surface area contributed by atoms with E-state index in [4.69, 9.17) is 4.74 Å². The zero-order chi connectivity index (χ0) is 21.1. The molecular formula is C23H27F2N3O2. The molecule has 1 atom stereocenters. The summed E-state index contributed by atoms with van der Waals surface area (Å²) in [7, 11) is 0. The lowest BCUT2D eigenvalue weighted by molar-refractivity contribution is -0.161. The molecule has 2 aromatic rings. The fourth-order valence-corrected chi connectivity index (χ4v) is 4.51. The average molecular weight is 415 g/mol. The van der Waals surface area contributed by atoms with Crippen molar-refractivity contribution in [3.63, 3.8) is 0 Å². The largest absolute Gasteiger partial charge is 0.368 e. The van der Waals surface area contributed by atoms with Crippen LogP contribution in [0.25, 0.3) is 0 Å². The zero-order valence-corrected chi connectivity index (χ0v) is 17.2. The second kappa shape index (κ2) is 8.78. The molecule has 1 aromatic carbocycles. The van der Waals surface area contributed by atoms with E-state index in [1.165, 1.54) is 18.2 Å². The van der Waals surface area contributed by atoms with Gasteiger partial charge in [0, 0.05) is 38.8 Å². The maximum atomic E-state index is 14.1. The number of ether oxygens (including phenoxy) is 1. The Kier molecular flexibility index (Phi) is 6.11. The molecule has 0 N–H and O–H groups in total. The van der Waals surface area contributed by atoms with Gasteiger partial charge in [0.2, 0.25) is 0 Å². The fraction of sp³-hybridized carbons (Fsp3) is 0.478. The lowest BCUT2D eigenvalue weighted by Gasteiger charge is -2.49.